The standard InChI is InChI=1S/C8H11ClOS2/c1-8(2,10-3)6-4-5-7(11-6)12-9/h4-5H,1-3H3. The molecule has 0 amide bonds. The van der Waals surface area contributed by atoms with Gasteiger partial charge in [0, 0.05) is 12.0 Å². The van der Waals surface area contributed by atoms with Crippen molar-refractivity contribution in [3.63, 3.8) is 0 Å². The van der Waals surface area contributed by atoms with Crippen LogP contribution in [0.15, 0.2) is 16.3 Å². The van der Waals surface area contributed by atoms with E-state index in [9.17, 15) is 0 Å². The molecule has 4 heteroatoms. The number of ether oxygens (including phenoxy) is 1. The Morgan fingerprint density at radius 3 is 2.58 bits per heavy atom. The average Bonchev–Trinajstić information content (AvgIpc) is 2.52. The molecule has 1 aromatic heterocycles. The maximum Gasteiger partial charge on any atom is 0.0963 e. The molecule has 0 saturated carbocycles. The lowest BCUT2D eigenvalue weighted by Gasteiger charge is -2.20. The fourth-order valence-corrected chi connectivity index (χ4v) is 2.56. The zero-order valence-corrected chi connectivity index (χ0v) is 9.65. The Bertz CT molecular complexity index is 257. The van der Waals surface area contributed by atoms with Gasteiger partial charge in [-0.3, -0.25) is 0 Å². The van der Waals surface area contributed by atoms with Gasteiger partial charge in [-0.1, -0.05) is 0 Å². The van der Waals surface area contributed by atoms with Crippen LogP contribution in [-0.2, 0) is 10.3 Å². The zero-order chi connectivity index (χ0) is 9.19. The molecular weight excluding hydrogens is 212 g/mol. The highest BCUT2D eigenvalue weighted by Gasteiger charge is 2.21. The highest BCUT2D eigenvalue weighted by atomic mass is 35.7. The fourth-order valence-electron chi connectivity index (χ4n) is 0.786. The van der Waals surface area contributed by atoms with Crippen LogP contribution < -0.4 is 0 Å². The van der Waals surface area contributed by atoms with Crippen LogP contribution in [0.3, 0.4) is 0 Å². The van der Waals surface area contributed by atoms with Crippen LogP contribution in [0.5, 0.6) is 0 Å². The monoisotopic (exact) mass is 222 g/mol. The average molecular weight is 223 g/mol. The Morgan fingerprint density at radius 1 is 1.50 bits per heavy atom. The third kappa shape index (κ3) is 2.16. The summed E-state index contributed by atoms with van der Waals surface area (Å²) >= 11 is 1.67. The van der Waals surface area contributed by atoms with E-state index in [1.807, 2.05) is 19.9 Å². The molecular formula is C8H11ClOS2. The van der Waals surface area contributed by atoms with Crippen LogP contribution in [0.1, 0.15) is 18.7 Å². The van der Waals surface area contributed by atoms with Gasteiger partial charge < -0.3 is 4.74 Å². The highest BCUT2D eigenvalue weighted by molar-refractivity contribution is 8.22. The third-order valence-electron chi connectivity index (χ3n) is 1.76. The molecule has 0 bridgehead atoms. The van der Waals surface area contributed by atoms with Crippen LogP contribution in [0, 0.1) is 0 Å². The Labute approximate surface area is 85.6 Å². The van der Waals surface area contributed by atoms with E-state index >= 15 is 0 Å². The SMILES string of the molecule is COC(C)(C)c1ccc(SCl)s1. The van der Waals surface area contributed by atoms with E-state index in [1.165, 1.54) is 15.9 Å². The molecule has 0 atom stereocenters. The molecule has 0 aliphatic carbocycles. The largest absolute Gasteiger partial charge is 0.373 e. The van der Waals surface area contributed by atoms with Gasteiger partial charge in [0.2, 0.25) is 0 Å². The number of thiophene rings is 1. The van der Waals surface area contributed by atoms with Crippen molar-refractivity contribution in [2.45, 2.75) is 23.7 Å². The summed E-state index contributed by atoms with van der Waals surface area (Å²) in [6.07, 6.45) is 0. The number of halogens is 1. The minimum atomic E-state index is -0.199. The Balaban J connectivity index is 2.88. The Kier molecular flexibility index (Phi) is 3.47. The minimum Gasteiger partial charge on any atom is -0.373 e. The number of hydrogen-bond donors (Lipinski definition) is 0. The van der Waals surface area contributed by atoms with Crippen LogP contribution >= 0.6 is 33.0 Å². The molecule has 12 heavy (non-hydrogen) atoms. The normalized spacial score (nSPS) is 12.0. The maximum atomic E-state index is 5.62. The van der Waals surface area contributed by atoms with Gasteiger partial charge in [-0.05, 0) is 47.6 Å². The van der Waals surface area contributed by atoms with E-state index in [0.717, 1.165) is 4.21 Å². The second-order valence-electron chi connectivity index (χ2n) is 2.91. The van der Waals surface area contributed by atoms with Gasteiger partial charge >= 0.3 is 0 Å². The first-order valence-corrected chi connectivity index (χ1v) is 6.00. The predicted octanol–water partition coefficient (Wildman–Crippen LogP) is 3.88. The lowest BCUT2D eigenvalue weighted by atomic mass is 10.1. The van der Waals surface area contributed by atoms with Gasteiger partial charge in [-0.2, -0.15) is 0 Å². The van der Waals surface area contributed by atoms with Crippen LogP contribution in [-0.4, -0.2) is 7.11 Å². The number of hydrogen-bond acceptors (Lipinski definition) is 3. The van der Waals surface area contributed by atoms with E-state index < -0.39 is 0 Å². The molecule has 0 aliphatic rings. The third-order valence-corrected chi connectivity index (χ3v) is 4.51. The second kappa shape index (κ2) is 4.01. The van der Waals surface area contributed by atoms with Crippen molar-refractivity contribution >= 4 is 33.0 Å². The molecule has 0 unspecified atom stereocenters. The first kappa shape index (κ1) is 10.4. The van der Waals surface area contributed by atoms with Crippen molar-refractivity contribution in [2.24, 2.45) is 0 Å². The van der Waals surface area contributed by atoms with Crippen molar-refractivity contribution in [1.82, 2.24) is 0 Å². The first-order valence-electron chi connectivity index (χ1n) is 3.54. The summed E-state index contributed by atoms with van der Waals surface area (Å²) in [5.41, 5.74) is -0.199. The summed E-state index contributed by atoms with van der Waals surface area (Å²) in [7, 11) is 8.59. The van der Waals surface area contributed by atoms with E-state index in [0.29, 0.717) is 0 Å². The summed E-state index contributed by atoms with van der Waals surface area (Å²) in [6, 6.07) is 4.07. The van der Waals surface area contributed by atoms with Gasteiger partial charge in [-0.15, -0.1) is 11.3 Å². The van der Waals surface area contributed by atoms with Crippen molar-refractivity contribution in [2.75, 3.05) is 7.11 Å². The van der Waals surface area contributed by atoms with Gasteiger partial charge in [0.05, 0.1) is 9.81 Å². The Hall–Kier alpha value is 0.300. The Morgan fingerprint density at radius 2 is 2.17 bits per heavy atom. The summed E-state index contributed by atoms with van der Waals surface area (Å²) in [5, 5.41) is 0. The van der Waals surface area contributed by atoms with Crippen LogP contribution in [0.25, 0.3) is 0 Å². The molecule has 1 aromatic rings. The van der Waals surface area contributed by atoms with Crippen LogP contribution in [0.2, 0.25) is 0 Å². The van der Waals surface area contributed by atoms with E-state index in [4.69, 9.17) is 15.4 Å². The van der Waals surface area contributed by atoms with Crippen molar-refractivity contribution < 1.29 is 4.74 Å². The smallest absolute Gasteiger partial charge is 0.0963 e. The molecule has 0 spiro atoms. The minimum absolute atomic E-state index is 0.199. The molecule has 0 fully saturated rings. The summed E-state index contributed by atoms with van der Waals surface area (Å²) in [5.74, 6) is 0. The van der Waals surface area contributed by atoms with Gasteiger partial charge in [0.15, 0.2) is 0 Å². The molecule has 0 saturated heterocycles. The molecule has 0 radical (unpaired) electrons. The van der Waals surface area contributed by atoms with Crippen LogP contribution in [0.4, 0.5) is 0 Å². The van der Waals surface area contributed by atoms with Gasteiger partial charge in [0.25, 0.3) is 0 Å². The molecule has 0 aliphatic heterocycles. The molecule has 0 N–H and O–H groups in total. The summed E-state index contributed by atoms with van der Waals surface area (Å²) in [4.78, 5) is 1.20. The summed E-state index contributed by atoms with van der Waals surface area (Å²) in [6.45, 7) is 4.09. The van der Waals surface area contributed by atoms with E-state index in [1.54, 1.807) is 18.4 Å². The maximum absolute atomic E-state index is 5.62. The topological polar surface area (TPSA) is 9.23 Å². The van der Waals surface area contributed by atoms with Gasteiger partial charge in [0.1, 0.15) is 0 Å². The van der Waals surface area contributed by atoms with Gasteiger partial charge in [-0.25, -0.2) is 0 Å². The lowest BCUT2D eigenvalue weighted by Crippen LogP contribution is -2.17. The summed E-state index contributed by atoms with van der Waals surface area (Å²) < 4.78 is 6.45. The fraction of sp³-hybridized carbons (Fsp3) is 0.500. The van der Waals surface area contributed by atoms with Crippen molar-refractivity contribution in [3.05, 3.63) is 17.0 Å². The molecule has 68 valence electrons. The molecule has 1 heterocycles. The van der Waals surface area contributed by atoms with Crippen molar-refractivity contribution in [1.29, 1.82) is 0 Å². The molecule has 0 aromatic carbocycles. The zero-order valence-electron chi connectivity index (χ0n) is 7.26. The van der Waals surface area contributed by atoms with E-state index in [-0.39, 0.29) is 5.60 Å². The number of rotatable bonds is 3. The number of methoxy groups -OCH3 is 1. The quantitative estimate of drug-likeness (QED) is 0.768. The second-order valence-corrected chi connectivity index (χ2v) is 5.31. The first-order chi connectivity index (χ1) is 5.60. The van der Waals surface area contributed by atoms with E-state index in [2.05, 4.69) is 6.07 Å². The lowest BCUT2D eigenvalue weighted by molar-refractivity contribution is 0.0224. The predicted molar refractivity (Wildman–Crippen MR) is 56.1 cm³/mol. The highest BCUT2D eigenvalue weighted by Crippen LogP contribution is 2.36. The molecule has 1 nitrogen and oxygen atoms in total. The molecule has 1 rings (SSSR count). The van der Waals surface area contributed by atoms with Crippen molar-refractivity contribution in [3.8, 4) is 0 Å².